The minimum Gasteiger partial charge on any atom is -0.287 e. The van der Waals surface area contributed by atoms with Gasteiger partial charge in [-0.2, -0.15) is 0 Å². The third-order valence-electron chi connectivity index (χ3n) is 2.74. The van der Waals surface area contributed by atoms with E-state index in [1.54, 1.807) is 18.2 Å². The lowest BCUT2D eigenvalue weighted by atomic mass is 10.1. The molecule has 0 saturated carbocycles. The molecular weight excluding hydrogens is 282 g/mol. The SMILES string of the molecule is O=C1/C(=C/c2cccs2)NS(=O)(=O)c2ccccc21. The van der Waals surface area contributed by atoms with Crippen LogP contribution in [0.4, 0.5) is 0 Å². The molecule has 6 heteroatoms. The van der Waals surface area contributed by atoms with Gasteiger partial charge < -0.3 is 0 Å². The van der Waals surface area contributed by atoms with Crippen LogP contribution < -0.4 is 4.72 Å². The standard InChI is InChI=1S/C13H9NO3S2/c15-13-10-5-1-2-6-12(10)19(16,17)14-11(13)8-9-4-3-7-18-9/h1-8,14H/b11-8-. The fraction of sp³-hybridized carbons (Fsp3) is 0. The molecule has 0 spiro atoms. The van der Waals surface area contributed by atoms with Crippen molar-refractivity contribution in [3.8, 4) is 0 Å². The Labute approximate surface area is 114 Å². The molecule has 2 heterocycles. The number of allylic oxidation sites excluding steroid dienone is 1. The van der Waals surface area contributed by atoms with Crippen LogP contribution in [0.5, 0.6) is 0 Å². The molecule has 3 rings (SSSR count). The normalized spacial score (nSPS) is 18.9. The Balaban J connectivity index is 2.17. The topological polar surface area (TPSA) is 63.2 Å². The predicted octanol–water partition coefficient (Wildman–Crippen LogP) is 2.26. The first-order valence-corrected chi connectivity index (χ1v) is 7.86. The Morgan fingerprint density at radius 2 is 1.89 bits per heavy atom. The molecule has 0 amide bonds. The lowest BCUT2D eigenvalue weighted by Crippen LogP contribution is -2.34. The number of carbonyl (C=O) groups excluding carboxylic acids is 1. The first-order chi connectivity index (χ1) is 9.08. The molecule has 2 aromatic rings. The molecule has 1 aliphatic rings. The summed E-state index contributed by atoms with van der Waals surface area (Å²) < 4.78 is 26.4. The van der Waals surface area contributed by atoms with Gasteiger partial charge in [0.05, 0.1) is 10.6 Å². The van der Waals surface area contributed by atoms with Crippen molar-refractivity contribution in [2.24, 2.45) is 0 Å². The third-order valence-corrected chi connectivity index (χ3v) is 4.98. The smallest absolute Gasteiger partial charge is 0.262 e. The van der Waals surface area contributed by atoms with Gasteiger partial charge in [0, 0.05) is 10.4 Å². The second kappa shape index (κ2) is 4.32. The number of sulfonamides is 1. The Hall–Kier alpha value is -1.92. The number of carbonyl (C=O) groups is 1. The Morgan fingerprint density at radius 1 is 1.11 bits per heavy atom. The van der Waals surface area contributed by atoms with Crippen LogP contribution in [0, 0.1) is 0 Å². The van der Waals surface area contributed by atoms with Crippen molar-refractivity contribution >= 4 is 33.2 Å². The molecule has 0 radical (unpaired) electrons. The molecule has 19 heavy (non-hydrogen) atoms. The molecule has 0 aliphatic carbocycles. The van der Waals surface area contributed by atoms with E-state index in [9.17, 15) is 13.2 Å². The van der Waals surface area contributed by atoms with Crippen LogP contribution in [0.2, 0.25) is 0 Å². The van der Waals surface area contributed by atoms with E-state index in [1.165, 1.54) is 23.5 Å². The molecule has 0 saturated heterocycles. The van der Waals surface area contributed by atoms with E-state index in [2.05, 4.69) is 4.72 Å². The van der Waals surface area contributed by atoms with E-state index in [0.29, 0.717) is 0 Å². The Bertz CT molecular complexity index is 774. The Morgan fingerprint density at radius 3 is 2.63 bits per heavy atom. The van der Waals surface area contributed by atoms with Gasteiger partial charge in [0.2, 0.25) is 5.78 Å². The average Bonchev–Trinajstić information content (AvgIpc) is 2.88. The predicted molar refractivity (Wildman–Crippen MR) is 73.4 cm³/mol. The van der Waals surface area contributed by atoms with Crippen LogP contribution in [0.15, 0.2) is 52.4 Å². The minimum absolute atomic E-state index is 0.0309. The van der Waals surface area contributed by atoms with Gasteiger partial charge in [0.1, 0.15) is 0 Å². The number of ketones is 1. The number of fused-ring (bicyclic) bond motifs is 1. The van der Waals surface area contributed by atoms with Gasteiger partial charge in [-0.3, -0.25) is 9.52 Å². The molecule has 1 aliphatic heterocycles. The largest absolute Gasteiger partial charge is 0.287 e. The zero-order valence-electron chi connectivity index (χ0n) is 9.66. The minimum atomic E-state index is -3.66. The molecule has 1 aromatic carbocycles. The van der Waals surface area contributed by atoms with Gasteiger partial charge in [0.25, 0.3) is 10.0 Å². The van der Waals surface area contributed by atoms with Crippen molar-refractivity contribution in [1.82, 2.24) is 4.72 Å². The van der Waals surface area contributed by atoms with Crippen LogP contribution in [-0.4, -0.2) is 14.2 Å². The van der Waals surface area contributed by atoms with Crippen LogP contribution in [-0.2, 0) is 10.0 Å². The second-order valence-corrected chi connectivity index (χ2v) is 6.63. The molecule has 0 atom stereocenters. The number of thiophene rings is 1. The van der Waals surface area contributed by atoms with Crippen molar-refractivity contribution in [2.75, 3.05) is 0 Å². The summed E-state index contributed by atoms with van der Waals surface area (Å²) in [5, 5.41) is 1.86. The molecule has 4 nitrogen and oxygen atoms in total. The highest BCUT2D eigenvalue weighted by Gasteiger charge is 2.31. The number of hydrogen-bond donors (Lipinski definition) is 1. The second-order valence-electron chi connectivity index (χ2n) is 4.00. The van der Waals surface area contributed by atoms with Gasteiger partial charge in [-0.15, -0.1) is 11.3 Å². The number of Topliss-reactive ketones (excluding diaryl/α,β-unsaturated/α-hetero) is 1. The van der Waals surface area contributed by atoms with Crippen LogP contribution in [0.3, 0.4) is 0 Å². The summed E-state index contributed by atoms with van der Waals surface area (Å²) in [4.78, 5) is 13.1. The maximum absolute atomic E-state index is 12.2. The van der Waals surface area contributed by atoms with Crippen molar-refractivity contribution in [3.63, 3.8) is 0 Å². The molecule has 1 N–H and O–H groups in total. The summed E-state index contributed by atoms with van der Waals surface area (Å²) >= 11 is 1.44. The van der Waals surface area contributed by atoms with Crippen LogP contribution >= 0.6 is 11.3 Å². The van der Waals surface area contributed by atoms with E-state index >= 15 is 0 Å². The van der Waals surface area contributed by atoms with Gasteiger partial charge in [0.15, 0.2) is 0 Å². The van der Waals surface area contributed by atoms with Gasteiger partial charge in [-0.25, -0.2) is 8.42 Å². The zero-order valence-corrected chi connectivity index (χ0v) is 11.3. The lowest BCUT2D eigenvalue weighted by molar-refractivity contribution is 0.102. The third kappa shape index (κ3) is 2.09. The van der Waals surface area contributed by atoms with Crippen molar-refractivity contribution in [3.05, 3.63) is 57.9 Å². The maximum Gasteiger partial charge on any atom is 0.262 e. The van der Waals surface area contributed by atoms with Crippen molar-refractivity contribution in [1.29, 1.82) is 0 Å². The van der Waals surface area contributed by atoms with Gasteiger partial charge in [-0.05, 0) is 29.7 Å². The van der Waals surface area contributed by atoms with Gasteiger partial charge >= 0.3 is 0 Å². The van der Waals surface area contributed by atoms with E-state index in [-0.39, 0.29) is 21.9 Å². The summed E-state index contributed by atoms with van der Waals surface area (Å²) in [6.45, 7) is 0. The molecular formula is C13H9NO3S2. The number of rotatable bonds is 1. The Kier molecular flexibility index (Phi) is 2.76. The van der Waals surface area contributed by atoms with E-state index in [0.717, 1.165) is 4.88 Å². The summed E-state index contributed by atoms with van der Waals surface area (Å²) in [6.07, 6.45) is 1.56. The summed E-state index contributed by atoms with van der Waals surface area (Å²) in [6, 6.07) is 9.86. The summed E-state index contributed by atoms with van der Waals surface area (Å²) in [5.74, 6) is -0.307. The molecule has 96 valence electrons. The fourth-order valence-electron chi connectivity index (χ4n) is 1.89. The van der Waals surface area contributed by atoms with Crippen LogP contribution in [0.1, 0.15) is 15.2 Å². The monoisotopic (exact) mass is 291 g/mol. The summed E-state index contributed by atoms with van der Waals surface area (Å²) in [7, 11) is -3.66. The lowest BCUT2D eigenvalue weighted by Gasteiger charge is -2.19. The zero-order chi connectivity index (χ0) is 13.5. The first kappa shape index (κ1) is 12.1. The van der Waals surface area contributed by atoms with Crippen molar-refractivity contribution in [2.45, 2.75) is 4.90 Å². The molecule has 0 fully saturated rings. The van der Waals surface area contributed by atoms with Gasteiger partial charge in [-0.1, -0.05) is 18.2 Å². The number of benzene rings is 1. The molecule has 1 aromatic heterocycles. The first-order valence-electron chi connectivity index (χ1n) is 5.50. The highest BCUT2D eigenvalue weighted by molar-refractivity contribution is 7.90. The quantitative estimate of drug-likeness (QED) is 0.820. The van der Waals surface area contributed by atoms with E-state index < -0.39 is 10.0 Å². The van der Waals surface area contributed by atoms with E-state index in [4.69, 9.17) is 0 Å². The summed E-state index contributed by atoms with van der Waals surface area (Å²) in [5.41, 5.74) is 0.296. The highest BCUT2D eigenvalue weighted by atomic mass is 32.2. The highest BCUT2D eigenvalue weighted by Crippen LogP contribution is 2.25. The van der Waals surface area contributed by atoms with Crippen LogP contribution in [0.25, 0.3) is 6.08 Å². The number of nitrogens with one attached hydrogen (secondary N) is 1. The fourth-order valence-corrected chi connectivity index (χ4v) is 3.81. The molecule has 0 bridgehead atoms. The van der Waals surface area contributed by atoms with Crippen molar-refractivity contribution < 1.29 is 13.2 Å². The number of hydrogen-bond acceptors (Lipinski definition) is 4. The maximum atomic E-state index is 12.2. The molecule has 0 unspecified atom stereocenters. The van der Waals surface area contributed by atoms with E-state index in [1.807, 2.05) is 17.5 Å². The average molecular weight is 291 g/mol.